The molecule has 0 aliphatic rings. The molecular formula is C22H18ClF4N3O3. The van der Waals surface area contributed by atoms with E-state index in [2.05, 4.69) is 10.4 Å². The maximum absolute atomic E-state index is 14.0. The van der Waals surface area contributed by atoms with Crippen LogP contribution < -0.4 is 5.32 Å². The molecule has 0 radical (unpaired) electrons. The minimum absolute atomic E-state index is 0.0798. The molecule has 174 valence electrons. The summed E-state index contributed by atoms with van der Waals surface area (Å²) >= 11 is 5.95. The van der Waals surface area contributed by atoms with E-state index in [4.69, 9.17) is 16.7 Å². The van der Waals surface area contributed by atoms with Crippen LogP contribution in [0, 0.1) is 5.82 Å². The van der Waals surface area contributed by atoms with Crippen LogP contribution in [-0.2, 0) is 19.6 Å². The van der Waals surface area contributed by atoms with Gasteiger partial charge in [0.2, 0.25) is 0 Å². The number of amides is 1. The largest absolute Gasteiger partial charge is 0.478 e. The van der Waals surface area contributed by atoms with Crippen molar-refractivity contribution in [2.45, 2.75) is 25.6 Å². The lowest BCUT2D eigenvalue weighted by Crippen LogP contribution is -2.30. The van der Waals surface area contributed by atoms with Gasteiger partial charge in [-0.3, -0.25) is 9.48 Å². The van der Waals surface area contributed by atoms with Crippen LogP contribution in [0.3, 0.4) is 0 Å². The van der Waals surface area contributed by atoms with Crippen LogP contribution in [0.4, 0.5) is 17.6 Å². The molecule has 1 atom stereocenters. The lowest BCUT2D eigenvalue weighted by molar-refractivity contribution is -0.144. The van der Waals surface area contributed by atoms with Gasteiger partial charge in [0.05, 0.1) is 22.9 Å². The Bertz CT molecular complexity index is 1220. The zero-order chi connectivity index (χ0) is 24.5. The fraction of sp³-hybridized carbons (Fsp3) is 0.227. The van der Waals surface area contributed by atoms with Gasteiger partial charge in [-0.2, -0.15) is 18.3 Å². The highest BCUT2D eigenvalue weighted by Gasteiger charge is 2.41. The number of benzene rings is 2. The van der Waals surface area contributed by atoms with E-state index in [0.29, 0.717) is 15.3 Å². The summed E-state index contributed by atoms with van der Waals surface area (Å²) in [6.07, 6.45) is -4.94. The van der Waals surface area contributed by atoms with E-state index in [1.54, 1.807) is 24.3 Å². The number of carboxylic acids is 1. The Hall–Kier alpha value is -3.40. The van der Waals surface area contributed by atoms with Crippen molar-refractivity contribution < 1.29 is 32.3 Å². The van der Waals surface area contributed by atoms with Crippen LogP contribution in [0.1, 0.15) is 56.2 Å². The first-order valence-electron chi connectivity index (χ1n) is 9.59. The van der Waals surface area contributed by atoms with Gasteiger partial charge in [-0.15, -0.1) is 0 Å². The maximum Gasteiger partial charge on any atom is 0.433 e. The topological polar surface area (TPSA) is 84.2 Å². The number of carbonyl (C=O) groups excluding carboxylic acids is 1. The minimum atomic E-state index is -4.86. The second-order valence-corrected chi connectivity index (χ2v) is 7.77. The second kappa shape index (κ2) is 9.22. The molecule has 0 spiro atoms. The molecule has 33 heavy (non-hydrogen) atoms. The van der Waals surface area contributed by atoms with Crippen LogP contribution in [0.15, 0.2) is 42.5 Å². The van der Waals surface area contributed by atoms with E-state index in [1.165, 1.54) is 13.0 Å². The quantitative estimate of drug-likeness (QED) is 0.483. The summed E-state index contributed by atoms with van der Waals surface area (Å²) in [6, 6.07) is 8.72. The Balaban J connectivity index is 1.97. The highest BCUT2D eigenvalue weighted by atomic mass is 35.5. The third-order valence-corrected chi connectivity index (χ3v) is 5.18. The third kappa shape index (κ3) is 5.33. The van der Waals surface area contributed by atoms with E-state index in [9.17, 15) is 27.2 Å². The summed E-state index contributed by atoms with van der Waals surface area (Å²) in [5.41, 5.74) is -1.81. The zero-order valence-corrected chi connectivity index (χ0v) is 18.1. The Morgan fingerprint density at radius 3 is 2.48 bits per heavy atom. The Morgan fingerprint density at radius 2 is 1.91 bits per heavy atom. The lowest BCUT2D eigenvalue weighted by atomic mass is 10.0. The summed E-state index contributed by atoms with van der Waals surface area (Å²) in [6.45, 7) is 1.44. The molecule has 0 saturated heterocycles. The van der Waals surface area contributed by atoms with Crippen molar-refractivity contribution >= 4 is 23.5 Å². The average Bonchev–Trinajstić information content (AvgIpc) is 3.03. The van der Waals surface area contributed by atoms with Gasteiger partial charge in [0.1, 0.15) is 5.82 Å². The summed E-state index contributed by atoms with van der Waals surface area (Å²) in [5.74, 6) is -3.55. The van der Waals surface area contributed by atoms with Gasteiger partial charge < -0.3 is 10.4 Å². The predicted octanol–water partition coefficient (Wildman–Crippen LogP) is 5.01. The number of aryl methyl sites for hydroxylation is 1. The second-order valence-electron chi connectivity index (χ2n) is 7.34. The molecule has 0 aliphatic carbocycles. The molecule has 0 bridgehead atoms. The van der Waals surface area contributed by atoms with Gasteiger partial charge in [0.15, 0.2) is 5.69 Å². The summed E-state index contributed by atoms with van der Waals surface area (Å²) < 4.78 is 55.9. The number of aromatic carboxylic acids is 1. The average molecular weight is 484 g/mol. The molecule has 3 aromatic rings. The van der Waals surface area contributed by atoms with Crippen LogP contribution in [0.5, 0.6) is 0 Å². The van der Waals surface area contributed by atoms with Crippen LogP contribution in [0.2, 0.25) is 5.02 Å². The van der Waals surface area contributed by atoms with Crippen LogP contribution in [-0.4, -0.2) is 26.8 Å². The number of halogens is 5. The van der Waals surface area contributed by atoms with Gasteiger partial charge in [-0.25, -0.2) is 9.18 Å². The number of aromatic nitrogens is 2. The van der Waals surface area contributed by atoms with Crippen molar-refractivity contribution in [2.75, 3.05) is 0 Å². The first-order valence-corrected chi connectivity index (χ1v) is 9.97. The zero-order valence-electron chi connectivity index (χ0n) is 17.4. The van der Waals surface area contributed by atoms with Crippen LogP contribution >= 0.6 is 11.6 Å². The predicted molar refractivity (Wildman–Crippen MR) is 112 cm³/mol. The standard InChI is InChI=1S/C22H18ClF4N3O3/c1-11(13-6-7-15(21(32)33)16(24)10-13)28-20(31)18-17(9-12-4-3-5-14(23)8-12)29-30(2)19(18)22(25,26)27/h3-8,10-11H,9H2,1-2H3,(H,28,31)(H,32,33)/t11-/m0/s1. The molecule has 1 heterocycles. The maximum atomic E-state index is 14.0. The molecule has 1 aromatic heterocycles. The summed E-state index contributed by atoms with van der Waals surface area (Å²) in [7, 11) is 1.09. The van der Waals surface area contributed by atoms with Gasteiger partial charge in [0.25, 0.3) is 5.91 Å². The van der Waals surface area contributed by atoms with E-state index in [0.717, 1.165) is 19.2 Å². The smallest absolute Gasteiger partial charge is 0.433 e. The van der Waals surface area contributed by atoms with E-state index < -0.39 is 46.7 Å². The SMILES string of the molecule is C[C@H](NC(=O)c1c(Cc2cccc(Cl)c2)nn(C)c1C(F)(F)F)c1ccc(C(=O)O)c(F)c1. The van der Waals surface area contributed by atoms with Crippen molar-refractivity contribution in [1.82, 2.24) is 15.1 Å². The molecule has 6 nitrogen and oxygen atoms in total. The first-order chi connectivity index (χ1) is 15.4. The molecular weight excluding hydrogens is 466 g/mol. The number of alkyl halides is 3. The lowest BCUT2D eigenvalue weighted by Gasteiger charge is -2.17. The molecule has 0 fully saturated rings. The van der Waals surface area contributed by atoms with Crippen molar-refractivity contribution in [3.8, 4) is 0 Å². The molecule has 0 unspecified atom stereocenters. The Labute approximate surface area is 190 Å². The molecule has 3 rings (SSSR count). The number of nitrogens with one attached hydrogen (secondary N) is 1. The number of carbonyl (C=O) groups is 2. The third-order valence-electron chi connectivity index (χ3n) is 4.95. The first kappa shape index (κ1) is 24.2. The molecule has 0 aliphatic heterocycles. The van der Waals surface area contributed by atoms with E-state index >= 15 is 0 Å². The highest BCUT2D eigenvalue weighted by molar-refractivity contribution is 6.30. The monoisotopic (exact) mass is 483 g/mol. The molecule has 2 aromatic carbocycles. The number of hydrogen-bond acceptors (Lipinski definition) is 3. The minimum Gasteiger partial charge on any atom is -0.478 e. The highest BCUT2D eigenvalue weighted by Crippen LogP contribution is 2.34. The Morgan fingerprint density at radius 1 is 1.21 bits per heavy atom. The van der Waals surface area contributed by atoms with Crippen molar-refractivity contribution in [2.24, 2.45) is 7.05 Å². The molecule has 2 N–H and O–H groups in total. The van der Waals surface area contributed by atoms with Gasteiger partial charge in [-0.1, -0.05) is 29.8 Å². The fourth-order valence-electron chi connectivity index (χ4n) is 3.43. The van der Waals surface area contributed by atoms with Crippen molar-refractivity contribution in [3.63, 3.8) is 0 Å². The van der Waals surface area contributed by atoms with E-state index in [-0.39, 0.29) is 17.7 Å². The number of carboxylic acid groups (broad SMARTS) is 1. The Kier molecular flexibility index (Phi) is 6.78. The molecule has 11 heteroatoms. The van der Waals surface area contributed by atoms with E-state index in [1.807, 2.05) is 0 Å². The van der Waals surface area contributed by atoms with Crippen LogP contribution in [0.25, 0.3) is 0 Å². The van der Waals surface area contributed by atoms with Gasteiger partial charge >= 0.3 is 12.1 Å². The van der Waals surface area contributed by atoms with Gasteiger partial charge in [-0.05, 0) is 42.3 Å². The fourth-order valence-corrected chi connectivity index (χ4v) is 3.65. The number of hydrogen-bond donors (Lipinski definition) is 2. The van der Waals surface area contributed by atoms with Gasteiger partial charge in [0, 0.05) is 18.5 Å². The number of rotatable bonds is 6. The van der Waals surface area contributed by atoms with Crippen molar-refractivity contribution in [3.05, 3.63) is 86.9 Å². The molecule has 1 amide bonds. The summed E-state index contributed by atoms with van der Waals surface area (Å²) in [5, 5.41) is 15.6. The summed E-state index contributed by atoms with van der Waals surface area (Å²) in [4.78, 5) is 23.9. The number of nitrogens with zero attached hydrogens (tertiary/aromatic N) is 2. The normalized spacial score (nSPS) is 12.5. The molecule has 0 saturated carbocycles. The van der Waals surface area contributed by atoms with Crippen molar-refractivity contribution in [1.29, 1.82) is 0 Å².